The first-order valence-electron chi connectivity index (χ1n) is 9.90. The van der Waals surface area contributed by atoms with Gasteiger partial charge in [-0.25, -0.2) is 4.79 Å². The van der Waals surface area contributed by atoms with Crippen molar-refractivity contribution in [3.63, 3.8) is 0 Å². The van der Waals surface area contributed by atoms with E-state index in [1.165, 1.54) is 16.9 Å². The summed E-state index contributed by atoms with van der Waals surface area (Å²) >= 11 is 2.88. The van der Waals surface area contributed by atoms with Gasteiger partial charge in [0.25, 0.3) is 0 Å². The van der Waals surface area contributed by atoms with Crippen LogP contribution in [0.2, 0.25) is 0 Å². The van der Waals surface area contributed by atoms with Crippen molar-refractivity contribution in [1.29, 1.82) is 0 Å². The highest BCUT2D eigenvalue weighted by atomic mass is 32.2. The minimum absolute atomic E-state index is 0.0951. The molecule has 1 aromatic heterocycles. The van der Waals surface area contributed by atoms with Crippen LogP contribution in [0.3, 0.4) is 0 Å². The molecule has 31 heavy (non-hydrogen) atoms. The maximum absolute atomic E-state index is 12.7. The van der Waals surface area contributed by atoms with Crippen LogP contribution in [0.1, 0.15) is 25.0 Å². The highest BCUT2D eigenvalue weighted by Gasteiger charge is 2.25. The van der Waals surface area contributed by atoms with Crippen molar-refractivity contribution in [2.75, 3.05) is 5.32 Å². The summed E-state index contributed by atoms with van der Waals surface area (Å²) < 4.78 is 0.772. The van der Waals surface area contributed by atoms with Gasteiger partial charge in [0.05, 0.1) is 0 Å². The summed E-state index contributed by atoms with van der Waals surface area (Å²) in [6.45, 7) is 4.14. The van der Waals surface area contributed by atoms with Gasteiger partial charge in [0.1, 0.15) is 6.04 Å². The molecule has 1 heterocycles. The molecule has 3 amide bonds. The van der Waals surface area contributed by atoms with Crippen LogP contribution in [0.25, 0.3) is 0 Å². The molecule has 1 unspecified atom stereocenters. The van der Waals surface area contributed by atoms with E-state index in [0.717, 1.165) is 15.7 Å². The Morgan fingerprint density at radius 3 is 2.26 bits per heavy atom. The number of hydrogen-bond donors (Lipinski definition) is 3. The third kappa shape index (κ3) is 7.37. The van der Waals surface area contributed by atoms with Gasteiger partial charge in [-0.1, -0.05) is 97.6 Å². The summed E-state index contributed by atoms with van der Waals surface area (Å²) in [5.41, 5.74) is 2.18. The van der Waals surface area contributed by atoms with E-state index in [0.29, 0.717) is 11.7 Å². The maximum Gasteiger partial charge on any atom is 0.315 e. The molecular weight excluding hydrogens is 430 g/mol. The summed E-state index contributed by atoms with van der Waals surface area (Å²) in [6, 6.07) is 18.6. The number of carbonyl (C=O) groups excluding carboxylic acids is 2. The molecule has 0 aliphatic heterocycles. The lowest BCUT2D eigenvalue weighted by molar-refractivity contribution is -0.118. The number of nitrogens with zero attached hydrogens (tertiary/aromatic N) is 2. The molecule has 0 bridgehead atoms. The Bertz CT molecular complexity index is 980. The van der Waals surface area contributed by atoms with Crippen LogP contribution in [-0.2, 0) is 17.1 Å². The normalized spacial score (nSPS) is 11.7. The van der Waals surface area contributed by atoms with E-state index in [9.17, 15) is 9.59 Å². The molecule has 0 saturated carbocycles. The van der Waals surface area contributed by atoms with Gasteiger partial charge in [0.2, 0.25) is 11.0 Å². The smallest absolute Gasteiger partial charge is 0.315 e. The van der Waals surface area contributed by atoms with Crippen molar-refractivity contribution in [2.24, 2.45) is 5.92 Å². The quantitative estimate of drug-likeness (QED) is 0.330. The van der Waals surface area contributed by atoms with E-state index in [1.807, 2.05) is 62.4 Å². The zero-order chi connectivity index (χ0) is 22.1. The van der Waals surface area contributed by atoms with Crippen molar-refractivity contribution < 1.29 is 9.59 Å². The fourth-order valence-corrected chi connectivity index (χ4v) is 4.44. The van der Waals surface area contributed by atoms with Crippen molar-refractivity contribution in [3.8, 4) is 0 Å². The summed E-state index contributed by atoms with van der Waals surface area (Å²) in [5.74, 6) is 0.365. The molecule has 3 aromatic rings. The molecule has 162 valence electrons. The van der Waals surface area contributed by atoms with Crippen molar-refractivity contribution in [2.45, 2.75) is 36.5 Å². The van der Waals surface area contributed by atoms with Crippen LogP contribution in [0.5, 0.6) is 0 Å². The number of hydrogen-bond acceptors (Lipinski definition) is 6. The summed E-state index contributed by atoms with van der Waals surface area (Å²) in [6.07, 6.45) is 0. The number of rotatable bonds is 9. The van der Waals surface area contributed by atoms with E-state index in [-0.39, 0.29) is 11.8 Å². The highest BCUT2D eigenvalue weighted by molar-refractivity contribution is 8.00. The molecule has 0 aliphatic carbocycles. The van der Waals surface area contributed by atoms with E-state index < -0.39 is 12.1 Å². The number of aromatic nitrogens is 2. The average molecular weight is 456 g/mol. The highest BCUT2D eigenvalue weighted by Crippen LogP contribution is 2.28. The Balaban J connectivity index is 1.50. The second kappa shape index (κ2) is 11.5. The molecule has 7 nitrogen and oxygen atoms in total. The second-order valence-electron chi connectivity index (χ2n) is 7.17. The van der Waals surface area contributed by atoms with Crippen LogP contribution in [0.4, 0.5) is 9.93 Å². The lowest BCUT2D eigenvalue weighted by Gasteiger charge is -2.21. The standard InChI is InChI=1S/C22H25N5O2S2/c1-15(2)18(24-20(29)23-13-16-9-5-3-6-10-16)19(28)25-21-26-27-22(31-21)30-14-17-11-7-4-8-12-17/h3-12,15,18H,13-14H2,1-2H3,(H2,23,24,29)(H,25,26,28). The van der Waals surface area contributed by atoms with Gasteiger partial charge in [-0.2, -0.15) is 0 Å². The fourth-order valence-electron chi connectivity index (χ4n) is 2.73. The van der Waals surface area contributed by atoms with Crippen molar-refractivity contribution in [1.82, 2.24) is 20.8 Å². The van der Waals surface area contributed by atoms with E-state index >= 15 is 0 Å². The van der Waals surface area contributed by atoms with Crippen LogP contribution in [-0.4, -0.2) is 28.2 Å². The van der Waals surface area contributed by atoms with Gasteiger partial charge in [-0.15, -0.1) is 10.2 Å². The number of anilines is 1. The SMILES string of the molecule is CC(C)C(NC(=O)NCc1ccccc1)C(=O)Nc1nnc(SCc2ccccc2)s1. The molecule has 2 aromatic carbocycles. The molecule has 3 rings (SSSR count). The minimum atomic E-state index is -0.694. The molecule has 9 heteroatoms. The number of carbonyl (C=O) groups is 2. The summed E-state index contributed by atoms with van der Waals surface area (Å²) in [7, 11) is 0. The lowest BCUT2D eigenvalue weighted by Crippen LogP contribution is -2.50. The first-order chi connectivity index (χ1) is 15.0. The van der Waals surface area contributed by atoms with Gasteiger partial charge >= 0.3 is 6.03 Å². The number of nitrogens with one attached hydrogen (secondary N) is 3. The largest absolute Gasteiger partial charge is 0.334 e. The van der Waals surface area contributed by atoms with Gasteiger partial charge in [-0.3, -0.25) is 10.1 Å². The first-order valence-corrected chi connectivity index (χ1v) is 11.7. The second-order valence-corrected chi connectivity index (χ2v) is 9.37. The Morgan fingerprint density at radius 1 is 0.968 bits per heavy atom. The number of benzene rings is 2. The zero-order valence-corrected chi connectivity index (χ0v) is 19.0. The van der Waals surface area contributed by atoms with E-state index in [2.05, 4.69) is 38.3 Å². The molecule has 1 atom stereocenters. The Morgan fingerprint density at radius 2 is 1.61 bits per heavy atom. The van der Waals surface area contributed by atoms with Gasteiger partial charge in [0.15, 0.2) is 4.34 Å². The molecule has 0 aliphatic rings. The van der Waals surface area contributed by atoms with Crippen LogP contribution in [0, 0.1) is 5.92 Å². The number of urea groups is 1. The predicted molar refractivity (Wildman–Crippen MR) is 125 cm³/mol. The molecule has 0 radical (unpaired) electrons. The van der Waals surface area contributed by atoms with Crippen molar-refractivity contribution >= 4 is 40.2 Å². The minimum Gasteiger partial charge on any atom is -0.334 e. The van der Waals surface area contributed by atoms with Gasteiger partial charge in [-0.05, 0) is 17.0 Å². The van der Waals surface area contributed by atoms with Crippen LogP contribution >= 0.6 is 23.1 Å². The monoisotopic (exact) mass is 455 g/mol. The van der Waals surface area contributed by atoms with Gasteiger partial charge in [0, 0.05) is 12.3 Å². The lowest BCUT2D eigenvalue weighted by atomic mass is 10.0. The van der Waals surface area contributed by atoms with E-state index in [4.69, 9.17) is 0 Å². The Labute approximate surface area is 190 Å². The average Bonchev–Trinajstić information content (AvgIpc) is 3.23. The molecule has 0 saturated heterocycles. The Hall–Kier alpha value is -2.91. The number of thioether (sulfide) groups is 1. The Kier molecular flexibility index (Phi) is 8.43. The third-order valence-electron chi connectivity index (χ3n) is 4.37. The molecule has 3 N–H and O–H groups in total. The number of amides is 3. The summed E-state index contributed by atoms with van der Waals surface area (Å²) in [4.78, 5) is 25.0. The predicted octanol–water partition coefficient (Wildman–Crippen LogP) is 4.29. The van der Waals surface area contributed by atoms with E-state index in [1.54, 1.807) is 11.8 Å². The third-order valence-corrected chi connectivity index (χ3v) is 6.42. The molecule has 0 fully saturated rings. The molecule has 0 spiro atoms. The topological polar surface area (TPSA) is 96.0 Å². The summed E-state index contributed by atoms with van der Waals surface area (Å²) in [5, 5.41) is 16.9. The molecular formula is C22H25N5O2S2. The van der Waals surface area contributed by atoms with Gasteiger partial charge < -0.3 is 10.6 Å². The van der Waals surface area contributed by atoms with Crippen LogP contribution in [0.15, 0.2) is 65.0 Å². The maximum atomic E-state index is 12.7. The first kappa shape index (κ1) is 22.8. The van der Waals surface area contributed by atoms with Crippen molar-refractivity contribution in [3.05, 3.63) is 71.8 Å². The fraction of sp³-hybridized carbons (Fsp3) is 0.273. The zero-order valence-electron chi connectivity index (χ0n) is 17.4. The van der Waals surface area contributed by atoms with Crippen LogP contribution < -0.4 is 16.0 Å².